The second-order valence-electron chi connectivity index (χ2n) is 2.10. The van der Waals surface area contributed by atoms with Crippen LogP contribution >= 0.6 is 15.9 Å². The molecular formula is C8H8BrFO. The number of hydrogen-bond acceptors (Lipinski definition) is 1. The van der Waals surface area contributed by atoms with Crippen LogP contribution in [0.4, 0.5) is 4.39 Å². The van der Waals surface area contributed by atoms with Crippen molar-refractivity contribution in [1.82, 2.24) is 0 Å². The van der Waals surface area contributed by atoms with E-state index in [1.54, 1.807) is 12.1 Å². The number of hydrogen-bond donors (Lipinski definition) is 0. The Labute approximate surface area is 73.3 Å². The molecule has 1 rings (SSSR count). The highest BCUT2D eigenvalue weighted by Gasteiger charge is 2.01. The normalized spacial score (nSPS) is 9.73. The lowest BCUT2D eigenvalue weighted by Gasteiger charge is -2.02. The third-order valence-electron chi connectivity index (χ3n) is 1.37. The lowest BCUT2D eigenvalue weighted by molar-refractivity contribution is 0.386. The number of rotatable bonds is 2. The highest BCUT2D eigenvalue weighted by Crippen LogP contribution is 2.19. The van der Waals surface area contributed by atoms with Crippen LogP contribution in [0.25, 0.3) is 0 Å². The zero-order chi connectivity index (χ0) is 8.27. The zero-order valence-corrected chi connectivity index (χ0v) is 7.69. The van der Waals surface area contributed by atoms with E-state index in [4.69, 9.17) is 4.74 Å². The fraction of sp³-hybridized carbons (Fsp3) is 0.250. The van der Waals surface area contributed by atoms with Gasteiger partial charge in [-0.1, -0.05) is 22.0 Å². The van der Waals surface area contributed by atoms with E-state index in [0.717, 1.165) is 5.56 Å². The monoisotopic (exact) mass is 217 g/mol. The van der Waals surface area contributed by atoms with Crippen LogP contribution in [0.15, 0.2) is 18.2 Å². The van der Waals surface area contributed by atoms with Crippen LogP contribution in [0.5, 0.6) is 5.75 Å². The molecule has 0 aromatic heterocycles. The summed E-state index contributed by atoms with van der Waals surface area (Å²) in [5, 5.41) is 0.712. The molecule has 0 radical (unpaired) electrons. The molecule has 0 aliphatic heterocycles. The van der Waals surface area contributed by atoms with Crippen molar-refractivity contribution in [2.24, 2.45) is 0 Å². The average molecular weight is 218 g/mol. The Morgan fingerprint density at radius 2 is 2.27 bits per heavy atom. The summed E-state index contributed by atoms with van der Waals surface area (Å²) in [6.45, 7) is 0. The molecule has 0 aliphatic carbocycles. The van der Waals surface area contributed by atoms with Crippen molar-refractivity contribution >= 4 is 15.9 Å². The van der Waals surface area contributed by atoms with E-state index in [9.17, 15) is 4.39 Å². The predicted octanol–water partition coefficient (Wildman–Crippen LogP) is 2.73. The van der Waals surface area contributed by atoms with Crippen molar-refractivity contribution in [2.75, 3.05) is 7.11 Å². The van der Waals surface area contributed by atoms with Gasteiger partial charge in [0, 0.05) is 5.33 Å². The van der Waals surface area contributed by atoms with Gasteiger partial charge in [0.05, 0.1) is 7.11 Å². The van der Waals surface area contributed by atoms with Gasteiger partial charge in [-0.05, 0) is 17.7 Å². The van der Waals surface area contributed by atoms with Crippen molar-refractivity contribution in [3.63, 3.8) is 0 Å². The highest BCUT2D eigenvalue weighted by molar-refractivity contribution is 9.08. The van der Waals surface area contributed by atoms with Gasteiger partial charge in [0.1, 0.15) is 0 Å². The predicted molar refractivity (Wildman–Crippen MR) is 45.6 cm³/mol. The average Bonchev–Trinajstić information content (AvgIpc) is 2.05. The molecule has 0 fully saturated rings. The summed E-state index contributed by atoms with van der Waals surface area (Å²) in [5.74, 6) is -0.0286. The summed E-state index contributed by atoms with van der Waals surface area (Å²) in [6, 6.07) is 4.78. The SMILES string of the molecule is COc1cc(CBr)ccc1[18F]. The van der Waals surface area contributed by atoms with Gasteiger partial charge in [-0.3, -0.25) is 0 Å². The number of benzene rings is 1. The van der Waals surface area contributed by atoms with Crippen molar-refractivity contribution in [3.05, 3.63) is 29.6 Å². The summed E-state index contributed by atoms with van der Waals surface area (Å²) < 4.78 is 17.6. The Morgan fingerprint density at radius 3 is 2.82 bits per heavy atom. The highest BCUT2D eigenvalue weighted by atomic mass is 79.9. The first-order valence-corrected chi connectivity index (χ1v) is 4.28. The molecule has 0 atom stereocenters. The fourth-order valence-corrected chi connectivity index (χ4v) is 1.14. The van der Waals surface area contributed by atoms with Crippen molar-refractivity contribution in [3.8, 4) is 5.75 Å². The summed E-state index contributed by atoms with van der Waals surface area (Å²) in [6.07, 6.45) is 0. The smallest absolute Gasteiger partial charge is 0.165 e. The van der Waals surface area contributed by atoms with Crippen LogP contribution in [0.3, 0.4) is 0 Å². The Hall–Kier alpha value is -0.570. The minimum absolute atomic E-state index is 0.293. The number of alkyl halides is 1. The summed E-state index contributed by atoms with van der Waals surface area (Å²) >= 11 is 3.27. The summed E-state index contributed by atoms with van der Waals surface area (Å²) in [5.41, 5.74) is 1.00. The summed E-state index contributed by atoms with van der Waals surface area (Å²) in [4.78, 5) is 0. The molecule has 0 bridgehead atoms. The van der Waals surface area contributed by atoms with Crippen LogP contribution in [-0.4, -0.2) is 7.11 Å². The molecule has 1 aromatic carbocycles. The topological polar surface area (TPSA) is 9.23 Å². The summed E-state index contributed by atoms with van der Waals surface area (Å²) in [7, 11) is 1.45. The molecule has 0 N–H and O–H groups in total. The van der Waals surface area contributed by atoms with Crippen LogP contribution in [-0.2, 0) is 5.33 Å². The van der Waals surface area contributed by atoms with E-state index in [1.165, 1.54) is 13.2 Å². The first-order chi connectivity index (χ1) is 5.27. The molecule has 0 heterocycles. The van der Waals surface area contributed by atoms with E-state index in [1.807, 2.05) is 0 Å². The molecule has 0 amide bonds. The minimum Gasteiger partial charge on any atom is -0.494 e. The van der Waals surface area contributed by atoms with Crippen molar-refractivity contribution in [2.45, 2.75) is 5.33 Å². The van der Waals surface area contributed by atoms with Gasteiger partial charge >= 0.3 is 0 Å². The van der Waals surface area contributed by atoms with E-state index < -0.39 is 0 Å². The maximum atomic E-state index is 12.8. The van der Waals surface area contributed by atoms with Crippen LogP contribution < -0.4 is 4.74 Å². The van der Waals surface area contributed by atoms with Gasteiger partial charge in [0.2, 0.25) is 0 Å². The zero-order valence-electron chi connectivity index (χ0n) is 6.10. The Morgan fingerprint density at radius 1 is 1.55 bits per heavy atom. The third kappa shape index (κ3) is 1.93. The molecule has 1 nitrogen and oxygen atoms in total. The van der Waals surface area contributed by atoms with Gasteiger partial charge in [-0.25, -0.2) is 4.39 Å². The molecule has 3 heteroatoms. The molecule has 0 aliphatic rings. The van der Waals surface area contributed by atoms with Crippen LogP contribution in [0.1, 0.15) is 5.56 Å². The van der Waals surface area contributed by atoms with Gasteiger partial charge < -0.3 is 4.74 Å². The van der Waals surface area contributed by atoms with Crippen molar-refractivity contribution < 1.29 is 9.13 Å². The molecule has 60 valence electrons. The van der Waals surface area contributed by atoms with Gasteiger partial charge in [-0.15, -0.1) is 0 Å². The largest absolute Gasteiger partial charge is 0.494 e. The minimum atomic E-state index is -0.322. The van der Waals surface area contributed by atoms with Crippen LogP contribution in [0.2, 0.25) is 0 Å². The molecule has 1 aromatic rings. The lowest BCUT2D eigenvalue weighted by Crippen LogP contribution is -1.88. The number of ether oxygens (including phenoxy) is 1. The molecule has 0 spiro atoms. The molecule has 0 unspecified atom stereocenters. The van der Waals surface area contributed by atoms with Crippen molar-refractivity contribution in [1.29, 1.82) is 0 Å². The Balaban J connectivity index is 3.02. The lowest BCUT2D eigenvalue weighted by atomic mass is 10.2. The second-order valence-corrected chi connectivity index (χ2v) is 2.66. The van der Waals surface area contributed by atoms with E-state index in [-0.39, 0.29) is 5.82 Å². The molecular weight excluding hydrogens is 210 g/mol. The van der Waals surface area contributed by atoms with E-state index in [0.29, 0.717) is 11.1 Å². The first kappa shape index (κ1) is 8.53. The Bertz CT molecular complexity index is 250. The van der Waals surface area contributed by atoms with E-state index >= 15 is 0 Å². The van der Waals surface area contributed by atoms with E-state index in [2.05, 4.69) is 15.9 Å². The maximum Gasteiger partial charge on any atom is 0.165 e. The van der Waals surface area contributed by atoms with Gasteiger partial charge in [0.15, 0.2) is 11.6 Å². The maximum absolute atomic E-state index is 12.8. The quantitative estimate of drug-likeness (QED) is 0.693. The third-order valence-corrected chi connectivity index (χ3v) is 2.02. The number of methoxy groups -OCH3 is 1. The fourth-order valence-electron chi connectivity index (χ4n) is 0.787. The standard InChI is InChI=1S/C8H8BrFO/c1-11-8-4-6(5-9)2-3-7(8)10/h2-4H,5H2,1H3/i10-1. The van der Waals surface area contributed by atoms with Gasteiger partial charge in [-0.2, -0.15) is 0 Å². The number of halogens is 2. The van der Waals surface area contributed by atoms with Crippen LogP contribution in [0, 0.1) is 5.82 Å². The Kier molecular flexibility index (Phi) is 2.88. The van der Waals surface area contributed by atoms with Gasteiger partial charge in [0.25, 0.3) is 0 Å². The molecule has 0 saturated heterocycles. The molecule has 11 heavy (non-hydrogen) atoms. The first-order valence-electron chi connectivity index (χ1n) is 3.16. The second kappa shape index (κ2) is 3.72. The molecule has 0 saturated carbocycles.